The number of aliphatic carboxylic acids is 1. The average Bonchev–Trinajstić information content (AvgIpc) is 3.32. The van der Waals surface area contributed by atoms with Gasteiger partial charge < -0.3 is 19.5 Å². The Morgan fingerprint density at radius 2 is 1.97 bits per heavy atom. The first kappa shape index (κ1) is 22.1. The van der Waals surface area contributed by atoms with E-state index in [1.165, 1.54) is 0 Å². The number of amides is 2. The highest BCUT2D eigenvalue weighted by Crippen LogP contribution is 2.34. The van der Waals surface area contributed by atoms with Crippen LogP contribution in [-0.4, -0.2) is 69.9 Å². The Morgan fingerprint density at radius 1 is 1.23 bits per heavy atom. The van der Waals surface area contributed by atoms with E-state index in [2.05, 4.69) is 0 Å². The molecule has 8 nitrogen and oxygen atoms in total. The molecule has 0 bridgehead atoms. The molecule has 0 atom stereocenters. The normalized spacial score (nSPS) is 17.7. The van der Waals surface area contributed by atoms with Crippen molar-refractivity contribution in [2.24, 2.45) is 0 Å². The Kier molecular flexibility index (Phi) is 7.33. The molecule has 0 aromatic heterocycles. The first-order valence-electron chi connectivity index (χ1n) is 9.53. The molecule has 2 saturated heterocycles. The summed E-state index contributed by atoms with van der Waals surface area (Å²) in [5.41, 5.74) is 0.674. The minimum Gasteiger partial charge on any atom is -0.490 e. The van der Waals surface area contributed by atoms with Crippen LogP contribution in [0.3, 0.4) is 0 Å². The number of hydrogen-bond donors (Lipinski definition) is 1. The minimum atomic E-state index is -1.13. The number of thioether (sulfide) groups is 1. The third-order valence-electron chi connectivity index (χ3n) is 4.54. The molecule has 2 aliphatic heterocycles. The van der Waals surface area contributed by atoms with Crippen LogP contribution in [0.2, 0.25) is 0 Å². The Labute approximate surface area is 183 Å². The van der Waals surface area contributed by atoms with E-state index < -0.39 is 18.4 Å². The summed E-state index contributed by atoms with van der Waals surface area (Å²) in [7, 11) is 0. The number of benzene rings is 1. The molecule has 0 radical (unpaired) electrons. The summed E-state index contributed by atoms with van der Waals surface area (Å²) in [6, 6.07) is 5.14. The number of carbonyl (C=O) groups is 3. The fourth-order valence-corrected chi connectivity index (χ4v) is 4.38. The SMILES string of the molecule is CCOc1cc(/C=C2/SC(=S)N(CC(=O)O)C2=O)ccc1OCC(=O)N1CCCC1. The number of rotatable bonds is 8. The average molecular weight is 451 g/mol. The Morgan fingerprint density at radius 3 is 2.63 bits per heavy atom. The summed E-state index contributed by atoms with van der Waals surface area (Å²) in [6.07, 6.45) is 3.66. The number of ether oxygens (including phenoxy) is 2. The Balaban J connectivity index is 1.73. The van der Waals surface area contributed by atoms with E-state index in [9.17, 15) is 14.4 Å². The highest BCUT2D eigenvalue weighted by molar-refractivity contribution is 8.26. The van der Waals surface area contributed by atoms with Crippen molar-refractivity contribution in [1.29, 1.82) is 0 Å². The van der Waals surface area contributed by atoms with Crippen molar-refractivity contribution in [3.05, 3.63) is 28.7 Å². The van der Waals surface area contributed by atoms with Crippen molar-refractivity contribution in [2.75, 3.05) is 32.8 Å². The Bertz CT molecular complexity index is 895. The van der Waals surface area contributed by atoms with Crippen LogP contribution in [0.1, 0.15) is 25.3 Å². The quantitative estimate of drug-likeness (QED) is 0.476. The third kappa shape index (κ3) is 5.31. The molecule has 30 heavy (non-hydrogen) atoms. The van der Waals surface area contributed by atoms with Gasteiger partial charge in [0, 0.05) is 13.1 Å². The van der Waals surface area contributed by atoms with Gasteiger partial charge in [-0.1, -0.05) is 30.0 Å². The van der Waals surface area contributed by atoms with Gasteiger partial charge in [0.2, 0.25) is 0 Å². The summed E-state index contributed by atoms with van der Waals surface area (Å²) in [5.74, 6) is -0.722. The molecule has 1 aromatic carbocycles. The minimum absolute atomic E-state index is 0.0545. The molecule has 2 heterocycles. The predicted octanol–water partition coefficient (Wildman–Crippen LogP) is 2.37. The van der Waals surface area contributed by atoms with E-state index in [1.54, 1.807) is 29.2 Å². The third-order valence-corrected chi connectivity index (χ3v) is 5.92. The van der Waals surface area contributed by atoms with Gasteiger partial charge in [-0.25, -0.2) is 0 Å². The van der Waals surface area contributed by atoms with Gasteiger partial charge in [-0.3, -0.25) is 19.3 Å². The van der Waals surface area contributed by atoms with Crippen LogP contribution in [0, 0.1) is 0 Å². The van der Waals surface area contributed by atoms with E-state index >= 15 is 0 Å². The molecule has 2 aliphatic rings. The molecule has 0 spiro atoms. The van der Waals surface area contributed by atoms with Crippen LogP contribution >= 0.6 is 24.0 Å². The van der Waals surface area contributed by atoms with Crippen molar-refractivity contribution in [3.8, 4) is 11.5 Å². The smallest absolute Gasteiger partial charge is 0.323 e. The van der Waals surface area contributed by atoms with Crippen LogP contribution in [-0.2, 0) is 14.4 Å². The molecule has 0 unspecified atom stereocenters. The highest BCUT2D eigenvalue weighted by atomic mass is 32.2. The van der Waals surface area contributed by atoms with Crippen LogP contribution in [0.5, 0.6) is 11.5 Å². The van der Waals surface area contributed by atoms with Crippen LogP contribution in [0.25, 0.3) is 6.08 Å². The van der Waals surface area contributed by atoms with Crippen LogP contribution in [0.4, 0.5) is 0 Å². The lowest BCUT2D eigenvalue weighted by molar-refractivity contribution is -0.140. The van der Waals surface area contributed by atoms with Gasteiger partial charge in [0.1, 0.15) is 10.9 Å². The number of carboxylic acids is 1. The second-order valence-electron chi connectivity index (χ2n) is 6.68. The van der Waals surface area contributed by atoms with E-state index in [0.717, 1.165) is 42.6 Å². The van der Waals surface area contributed by atoms with Gasteiger partial charge in [0.15, 0.2) is 18.1 Å². The number of nitrogens with zero attached hydrogens (tertiary/aromatic N) is 2. The van der Waals surface area contributed by atoms with Gasteiger partial charge in [0.05, 0.1) is 11.5 Å². The summed E-state index contributed by atoms with van der Waals surface area (Å²) in [4.78, 5) is 38.7. The lowest BCUT2D eigenvalue weighted by atomic mass is 10.2. The van der Waals surface area contributed by atoms with Gasteiger partial charge in [-0.15, -0.1) is 0 Å². The number of likely N-dealkylation sites (tertiary alicyclic amines) is 1. The second kappa shape index (κ2) is 9.94. The zero-order valence-electron chi connectivity index (χ0n) is 16.5. The summed E-state index contributed by atoms with van der Waals surface area (Å²) < 4.78 is 11.5. The topological polar surface area (TPSA) is 96.4 Å². The molecule has 3 rings (SSSR count). The number of carboxylic acid groups (broad SMARTS) is 1. The molecule has 2 fully saturated rings. The van der Waals surface area contributed by atoms with Crippen molar-refractivity contribution < 1.29 is 29.0 Å². The maximum atomic E-state index is 12.4. The summed E-state index contributed by atoms with van der Waals surface area (Å²) in [5, 5.41) is 8.93. The first-order chi connectivity index (χ1) is 14.4. The van der Waals surface area contributed by atoms with E-state index in [1.807, 2.05) is 6.92 Å². The molecule has 0 aliphatic carbocycles. The Hall–Kier alpha value is -2.59. The van der Waals surface area contributed by atoms with Gasteiger partial charge >= 0.3 is 5.97 Å². The highest BCUT2D eigenvalue weighted by Gasteiger charge is 2.33. The molecule has 1 aromatic rings. The van der Waals surface area contributed by atoms with E-state index in [-0.39, 0.29) is 16.8 Å². The monoisotopic (exact) mass is 450 g/mol. The largest absolute Gasteiger partial charge is 0.490 e. The fraction of sp³-hybridized carbons (Fsp3) is 0.400. The zero-order valence-corrected chi connectivity index (χ0v) is 18.1. The molecule has 2 amide bonds. The van der Waals surface area contributed by atoms with Crippen molar-refractivity contribution in [3.63, 3.8) is 0 Å². The van der Waals surface area contributed by atoms with Crippen molar-refractivity contribution >= 4 is 52.2 Å². The molecule has 160 valence electrons. The fourth-order valence-electron chi connectivity index (χ4n) is 3.12. The van der Waals surface area contributed by atoms with Crippen LogP contribution < -0.4 is 9.47 Å². The van der Waals surface area contributed by atoms with Crippen molar-refractivity contribution in [2.45, 2.75) is 19.8 Å². The summed E-state index contributed by atoms with van der Waals surface area (Å²) >= 11 is 6.16. The zero-order chi connectivity index (χ0) is 21.7. The lowest BCUT2D eigenvalue weighted by Gasteiger charge is -2.17. The maximum absolute atomic E-state index is 12.4. The van der Waals surface area contributed by atoms with E-state index in [4.69, 9.17) is 26.8 Å². The van der Waals surface area contributed by atoms with Gasteiger partial charge in [0.25, 0.3) is 11.8 Å². The molecular weight excluding hydrogens is 428 g/mol. The number of hydrogen-bond acceptors (Lipinski definition) is 7. The van der Waals surface area contributed by atoms with Gasteiger partial charge in [-0.05, 0) is 43.5 Å². The van der Waals surface area contributed by atoms with Gasteiger partial charge in [-0.2, -0.15) is 0 Å². The number of carbonyl (C=O) groups excluding carboxylic acids is 2. The maximum Gasteiger partial charge on any atom is 0.323 e. The molecule has 0 saturated carbocycles. The predicted molar refractivity (Wildman–Crippen MR) is 116 cm³/mol. The molecule has 1 N–H and O–H groups in total. The van der Waals surface area contributed by atoms with Crippen LogP contribution in [0.15, 0.2) is 23.1 Å². The van der Waals surface area contributed by atoms with Crippen molar-refractivity contribution in [1.82, 2.24) is 9.80 Å². The molecular formula is C20H22N2O6S2. The first-order valence-corrected chi connectivity index (χ1v) is 10.8. The standard InChI is InChI=1S/C20H22N2O6S2/c1-2-27-15-9-13(10-16-19(26)22(11-18(24)25)20(29)30-16)5-6-14(15)28-12-17(23)21-7-3-4-8-21/h5-6,9-10H,2-4,7-8,11-12H2,1H3,(H,24,25)/b16-10+. The lowest BCUT2D eigenvalue weighted by Crippen LogP contribution is -2.33. The summed E-state index contributed by atoms with van der Waals surface area (Å²) in [6.45, 7) is 3.24. The molecule has 10 heteroatoms. The second-order valence-corrected chi connectivity index (χ2v) is 8.35. The number of thiocarbonyl (C=S) groups is 1. The van der Waals surface area contributed by atoms with E-state index in [0.29, 0.717) is 28.6 Å².